The van der Waals surface area contributed by atoms with Gasteiger partial charge in [-0.3, -0.25) is 4.57 Å². The molecule has 1 N–H and O–H groups in total. The van der Waals surface area contributed by atoms with E-state index in [1.54, 1.807) is 6.07 Å². The van der Waals surface area contributed by atoms with E-state index in [0.717, 1.165) is 106 Å². The molecule has 406 valence electrons. The number of aromatic hydroxyl groups is 1. The molecule has 0 atom stereocenters. The Morgan fingerprint density at radius 3 is 1.54 bits per heavy atom. The van der Waals surface area contributed by atoms with Crippen molar-refractivity contribution >= 4 is 11.0 Å². The summed E-state index contributed by atoms with van der Waals surface area (Å²) in [5.74, 6) is 0.951. The van der Waals surface area contributed by atoms with Crippen LogP contribution in [0.3, 0.4) is 0 Å². The van der Waals surface area contributed by atoms with Gasteiger partial charge in [-0.15, -0.1) is 35.9 Å². The molecule has 5 heteroatoms. The van der Waals surface area contributed by atoms with Crippen LogP contribution >= 0.6 is 0 Å². The zero-order valence-electron chi connectivity index (χ0n) is 48.7. The first kappa shape index (κ1) is 55.0. The number of aromatic nitrogens is 3. The van der Waals surface area contributed by atoms with Crippen molar-refractivity contribution in [3.63, 3.8) is 0 Å². The van der Waals surface area contributed by atoms with Crippen molar-refractivity contribution < 1.29 is 26.2 Å². The van der Waals surface area contributed by atoms with Crippen LogP contribution < -0.4 is 0 Å². The first-order valence-electron chi connectivity index (χ1n) is 28.2. The van der Waals surface area contributed by atoms with Gasteiger partial charge in [0.2, 0.25) is 0 Å². The van der Waals surface area contributed by atoms with E-state index in [0.29, 0.717) is 0 Å². The monoisotopic (exact) mass is 1240 g/mol. The van der Waals surface area contributed by atoms with Crippen LogP contribution in [0.15, 0.2) is 200 Å². The van der Waals surface area contributed by atoms with E-state index in [4.69, 9.17) is 9.97 Å². The van der Waals surface area contributed by atoms with Crippen LogP contribution in [0.2, 0.25) is 0 Å². The summed E-state index contributed by atoms with van der Waals surface area (Å²) >= 11 is 0. The fraction of sp³-hybridized carbons (Fsp3) is 0.211. The molecule has 0 bridgehead atoms. The summed E-state index contributed by atoms with van der Waals surface area (Å²) in [7, 11) is 0. The van der Waals surface area contributed by atoms with E-state index in [1.807, 2.05) is 18.2 Å². The van der Waals surface area contributed by atoms with E-state index in [1.165, 1.54) is 33.4 Å². The molecule has 11 aromatic rings. The molecule has 4 nitrogen and oxygen atoms in total. The first-order valence-corrected chi connectivity index (χ1v) is 28.2. The number of phenols is 1. The third kappa shape index (κ3) is 9.50. The van der Waals surface area contributed by atoms with Gasteiger partial charge in [-0.25, -0.2) is 9.97 Å². The summed E-state index contributed by atoms with van der Waals surface area (Å²) in [6, 6.07) is 76.3. The van der Waals surface area contributed by atoms with Crippen LogP contribution in [-0.2, 0) is 42.7 Å². The minimum Gasteiger partial charge on any atom is -0.507 e. The molecule has 0 unspecified atom stereocenters. The Kier molecular flexibility index (Phi) is 14.0. The summed E-state index contributed by atoms with van der Waals surface area (Å²) < 4.78 is 2.33. The van der Waals surface area contributed by atoms with Crippen LogP contribution in [0, 0.1) is 19.9 Å². The molecule has 0 amide bonds. The van der Waals surface area contributed by atoms with Gasteiger partial charge >= 0.3 is 0 Å². The van der Waals surface area contributed by atoms with E-state index >= 15 is 0 Å². The number of phenolic OH excluding ortho intramolecular Hbond substituents is 1. The molecule has 12 rings (SSSR count). The van der Waals surface area contributed by atoms with Gasteiger partial charge in [0.05, 0.1) is 22.4 Å². The Morgan fingerprint density at radius 2 is 0.988 bits per heavy atom. The number of hydrogen-bond donors (Lipinski definition) is 1. The minimum atomic E-state index is -0.305. The average molecular weight is 1240 g/mol. The molecular weight excluding hydrogens is 1170 g/mol. The molecule has 0 fully saturated rings. The second-order valence-corrected chi connectivity index (χ2v) is 25.2. The molecule has 0 saturated carbocycles. The Morgan fingerprint density at radius 1 is 0.457 bits per heavy atom. The van der Waals surface area contributed by atoms with Gasteiger partial charge in [0, 0.05) is 32.0 Å². The van der Waals surface area contributed by atoms with Crippen LogP contribution in [-0.4, -0.2) is 19.6 Å². The predicted octanol–water partition coefficient (Wildman–Crippen LogP) is 20.0. The molecule has 81 heavy (non-hydrogen) atoms. The van der Waals surface area contributed by atoms with Crippen LogP contribution in [0.25, 0.3) is 106 Å². The summed E-state index contributed by atoms with van der Waals surface area (Å²) in [6.07, 6.45) is 0. The number of benzene rings is 9. The van der Waals surface area contributed by atoms with Crippen molar-refractivity contribution in [1.29, 1.82) is 0 Å². The van der Waals surface area contributed by atoms with Crippen molar-refractivity contribution in [2.45, 2.75) is 105 Å². The zero-order chi connectivity index (χ0) is 56.0. The molecule has 9 aromatic carbocycles. The van der Waals surface area contributed by atoms with Gasteiger partial charge in [0.1, 0.15) is 11.4 Å². The number of rotatable bonds is 8. The second-order valence-electron chi connectivity index (χ2n) is 25.2. The van der Waals surface area contributed by atoms with Crippen LogP contribution in [0.5, 0.6) is 5.75 Å². The van der Waals surface area contributed by atoms with Crippen molar-refractivity contribution in [3.05, 3.63) is 240 Å². The van der Waals surface area contributed by atoms with Gasteiger partial charge in [0.25, 0.3) is 0 Å². The number of imidazole rings is 1. The Hall–Kier alpha value is -7.91. The third-order valence-corrected chi connectivity index (χ3v) is 17.5. The molecule has 0 spiro atoms. The van der Waals surface area contributed by atoms with Crippen molar-refractivity contribution in [2.75, 3.05) is 0 Å². The molecule has 1 aliphatic carbocycles. The first-order chi connectivity index (χ1) is 38.2. The van der Waals surface area contributed by atoms with E-state index in [9.17, 15) is 5.11 Å². The number of hydrogen-bond acceptors (Lipinski definition) is 3. The van der Waals surface area contributed by atoms with Crippen molar-refractivity contribution in [1.82, 2.24) is 14.5 Å². The largest absolute Gasteiger partial charge is 0.507 e. The summed E-state index contributed by atoms with van der Waals surface area (Å²) in [6.45, 7) is 27.4. The average Bonchev–Trinajstić information content (AvgIpc) is 3.83. The maximum absolute atomic E-state index is 11.8. The van der Waals surface area contributed by atoms with E-state index in [2.05, 4.69) is 270 Å². The summed E-state index contributed by atoms with van der Waals surface area (Å²) in [4.78, 5) is 11.6. The molecule has 1 aliphatic rings. The standard InChI is InChI=1S/C76H70N3O.Pt/c1-47-25-22-26-48(2)71(47)79-64-40-37-60(66(51-31-20-15-21-32-51)70(64)78-72(79)63-39-38-62-69(77-63)68-61(35-24-36-65(68)80)75(9,10)76(62,11)12)67-58(54-41-52(49-27-16-13-17-28-49)43-56(45-54)73(3,4)5)33-23-34-59(67)55-42-53(50-29-18-14-19-30-50)44-57(46-55)74(6,7)8;/h13-31,33-46,80H,1-12H3;/q-1;. The number of pyridine rings is 1. The van der Waals surface area contributed by atoms with Gasteiger partial charge in [-0.2, -0.15) is 0 Å². The second kappa shape index (κ2) is 20.6. The number of fused-ring (bicyclic) bond motifs is 4. The molecular formula is C76H70N3OPt-. The number of para-hydroxylation sites is 1. The Bertz CT molecular complexity index is 4070. The van der Waals surface area contributed by atoms with Gasteiger partial charge in [-0.1, -0.05) is 220 Å². The molecule has 2 heterocycles. The quantitative estimate of drug-likeness (QED) is 0.154. The van der Waals surface area contributed by atoms with Crippen LogP contribution in [0.1, 0.15) is 103 Å². The summed E-state index contributed by atoms with van der Waals surface area (Å²) in [5.41, 5.74) is 24.5. The minimum absolute atomic E-state index is 0. The van der Waals surface area contributed by atoms with E-state index in [-0.39, 0.29) is 48.5 Å². The van der Waals surface area contributed by atoms with E-state index < -0.39 is 0 Å². The maximum Gasteiger partial charge on any atom is 0.163 e. The van der Waals surface area contributed by atoms with Crippen LogP contribution in [0.4, 0.5) is 0 Å². The smallest absolute Gasteiger partial charge is 0.163 e. The fourth-order valence-corrected chi connectivity index (χ4v) is 12.3. The van der Waals surface area contributed by atoms with Gasteiger partial charge in [-0.05, 0) is 149 Å². The SMILES string of the molecule is Cc1cccc(C)c1-n1c(-c2ccc3c(n2)-c2c(O)cccc2C(C)(C)C3(C)C)nc2c(-c3[c-]cccc3)c(-c3c(-c4cc(-c5ccccc5)cc(C(C)(C)C)c4)cccc3-c3cc(-c4ccccc4)cc(C(C)(C)C)c3)ccc21.[Pt]. The Balaban J connectivity index is 0.00000690. The molecule has 0 radical (unpaired) electrons. The zero-order valence-corrected chi connectivity index (χ0v) is 50.9. The molecule has 2 aromatic heterocycles. The van der Waals surface area contributed by atoms with Crippen molar-refractivity contribution in [2.24, 2.45) is 0 Å². The molecule has 0 aliphatic heterocycles. The van der Waals surface area contributed by atoms with Gasteiger partial charge in [0.15, 0.2) is 5.82 Å². The molecule has 0 saturated heterocycles. The maximum atomic E-state index is 11.8. The third-order valence-electron chi connectivity index (χ3n) is 17.5. The van der Waals surface area contributed by atoms with Gasteiger partial charge < -0.3 is 5.11 Å². The normalized spacial score (nSPS) is 13.6. The predicted molar refractivity (Wildman–Crippen MR) is 336 cm³/mol. The Labute approximate surface area is 494 Å². The fourth-order valence-electron chi connectivity index (χ4n) is 12.3. The number of nitrogens with zero attached hydrogens (tertiary/aromatic N) is 3. The van der Waals surface area contributed by atoms with Crippen molar-refractivity contribution in [3.8, 4) is 101 Å². The summed E-state index contributed by atoms with van der Waals surface area (Å²) in [5, 5.41) is 11.8. The number of aryl methyl sites for hydroxylation is 2. The topological polar surface area (TPSA) is 50.9 Å².